The largest absolute Gasteiger partial charge is 0.477 e. The number of aliphatic hydroxyl groups is 9. The predicted molar refractivity (Wildman–Crippen MR) is 180 cm³/mol. The van der Waals surface area contributed by atoms with Crippen LogP contribution in [0.4, 0.5) is 0 Å². The van der Waals surface area contributed by atoms with Crippen molar-refractivity contribution < 1.29 is 108 Å². The zero-order valence-electron chi connectivity index (χ0n) is 31.5. The first-order chi connectivity index (χ1) is 26.7. The van der Waals surface area contributed by atoms with Gasteiger partial charge in [0.2, 0.25) is 17.7 Å². The summed E-state index contributed by atoms with van der Waals surface area (Å²) in [5.74, 6) is -8.28. The van der Waals surface area contributed by atoms with E-state index in [0.717, 1.165) is 27.9 Å². The van der Waals surface area contributed by atoms with E-state index in [1.54, 1.807) is 0 Å². The molecule has 0 aromatic heterocycles. The summed E-state index contributed by atoms with van der Waals surface area (Å²) in [6.07, 6.45) is -27.9. The number of carbonyl (C=O) groups is 5. The Hall–Kier alpha value is -3.25. The van der Waals surface area contributed by atoms with Crippen molar-refractivity contribution in [2.75, 3.05) is 26.9 Å². The van der Waals surface area contributed by atoms with Crippen LogP contribution in [0.25, 0.3) is 0 Å². The van der Waals surface area contributed by atoms with Gasteiger partial charge in [0.1, 0.15) is 67.1 Å². The molecule has 0 aromatic carbocycles. The second kappa shape index (κ2) is 20.6. The van der Waals surface area contributed by atoms with Crippen LogP contribution in [0, 0.1) is 0 Å². The number of esters is 1. The molecule has 3 fully saturated rings. The normalized spacial score (nSPS) is 37.8. The molecule has 3 amide bonds. The summed E-state index contributed by atoms with van der Waals surface area (Å²) in [4.78, 5) is 61.5. The molecule has 3 rings (SSSR count). The number of ether oxygens (including phenoxy) is 7. The molecule has 328 valence electrons. The summed E-state index contributed by atoms with van der Waals surface area (Å²) in [7, 11) is 1.04. The van der Waals surface area contributed by atoms with Crippen LogP contribution in [0.1, 0.15) is 34.1 Å². The summed E-state index contributed by atoms with van der Waals surface area (Å²) >= 11 is 0. The van der Waals surface area contributed by atoms with Gasteiger partial charge in [-0.05, 0) is 6.92 Å². The Bertz CT molecular complexity index is 1390. The van der Waals surface area contributed by atoms with E-state index in [-0.39, 0.29) is 0 Å². The predicted octanol–water partition coefficient (Wildman–Crippen LogP) is -7.99. The maximum Gasteiger partial charge on any atom is 0.364 e. The third-order valence-electron chi connectivity index (χ3n) is 9.48. The number of nitrogens with one attached hydrogen (secondary N) is 3. The molecule has 57 heavy (non-hydrogen) atoms. The zero-order chi connectivity index (χ0) is 43.1. The molecule has 25 nitrogen and oxygen atoms in total. The number of rotatable bonds is 17. The quantitative estimate of drug-likeness (QED) is 0.0605. The molecule has 0 saturated carbocycles. The topological polar surface area (TPSA) is 388 Å². The monoisotopic (exact) mass is 831 g/mol. The highest BCUT2D eigenvalue weighted by molar-refractivity contribution is 5.83. The van der Waals surface area contributed by atoms with Crippen molar-refractivity contribution in [3.63, 3.8) is 0 Å². The van der Waals surface area contributed by atoms with Crippen LogP contribution in [-0.2, 0) is 57.1 Å². The minimum Gasteiger partial charge on any atom is -0.477 e. The summed E-state index contributed by atoms with van der Waals surface area (Å²) < 4.78 is 39.1. The average molecular weight is 832 g/mol. The summed E-state index contributed by atoms with van der Waals surface area (Å²) in [6.45, 7) is 1.46. The number of aliphatic hydroxyl groups excluding tert-OH is 9. The van der Waals surface area contributed by atoms with Crippen LogP contribution < -0.4 is 16.0 Å². The number of aliphatic carboxylic acids is 1. The van der Waals surface area contributed by atoms with Crippen molar-refractivity contribution in [3.05, 3.63) is 0 Å². The molecule has 13 N–H and O–H groups in total. The van der Waals surface area contributed by atoms with Crippen molar-refractivity contribution >= 4 is 29.7 Å². The van der Waals surface area contributed by atoms with Gasteiger partial charge < -0.3 is 100 Å². The lowest BCUT2D eigenvalue weighted by molar-refractivity contribution is -0.382. The van der Waals surface area contributed by atoms with E-state index in [4.69, 9.17) is 33.2 Å². The standard InChI is InChI=1S/C32H53N3O22/c1-10(18(28(48)51-5)33-11(2)39)52-29-20(35-13(4)41)25(22(45)16(8-37)53-29)55-30-24(47)27(23(46)17(9-38)54-30)57-32(31(49)50)6-14(42)19(34-12(3)40)26(56-32)21(44)15(43)7-36/h10,14-27,29-30,36-38,42-47H,6-9H2,1-5H3,(H,33,39)(H,34,40)(H,35,41)(H,49,50)/t10-,14+,15-,16-,17-,18+,19-,20-,21-,22+,23+,24-,25-,26-,27+,29+,30+,32+/m1/s1. The Morgan fingerprint density at radius 3 is 1.84 bits per heavy atom. The van der Waals surface area contributed by atoms with Crippen LogP contribution in [0.3, 0.4) is 0 Å². The molecule has 3 heterocycles. The van der Waals surface area contributed by atoms with Crippen LogP contribution in [0.5, 0.6) is 0 Å². The second-order valence-corrected chi connectivity index (χ2v) is 13.8. The molecule has 18 atom stereocenters. The van der Waals surface area contributed by atoms with E-state index in [9.17, 15) is 75.0 Å². The molecule has 3 aliphatic heterocycles. The van der Waals surface area contributed by atoms with Gasteiger partial charge in [-0.25, -0.2) is 9.59 Å². The maximum absolute atomic E-state index is 12.9. The number of hydrogen-bond acceptors (Lipinski definition) is 21. The molecule has 0 aromatic rings. The lowest BCUT2D eigenvalue weighted by Gasteiger charge is -2.51. The fraction of sp³-hybridized carbons (Fsp3) is 0.844. The lowest BCUT2D eigenvalue weighted by atomic mass is 9.88. The van der Waals surface area contributed by atoms with Gasteiger partial charge >= 0.3 is 11.9 Å². The fourth-order valence-electron chi connectivity index (χ4n) is 6.67. The molecular formula is C32H53N3O22. The number of amides is 3. The number of hydrogen-bond donors (Lipinski definition) is 13. The van der Waals surface area contributed by atoms with E-state index in [2.05, 4.69) is 16.0 Å². The lowest BCUT2D eigenvalue weighted by Crippen LogP contribution is -2.71. The van der Waals surface area contributed by atoms with Gasteiger partial charge in [0.05, 0.1) is 45.2 Å². The van der Waals surface area contributed by atoms with Crippen LogP contribution >= 0.6 is 0 Å². The van der Waals surface area contributed by atoms with Gasteiger partial charge in [-0.2, -0.15) is 0 Å². The van der Waals surface area contributed by atoms with Gasteiger partial charge in [0, 0.05) is 27.2 Å². The number of carboxylic acids is 1. The summed E-state index contributed by atoms with van der Waals surface area (Å²) in [6, 6.07) is -4.63. The van der Waals surface area contributed by atoms with E-state index in [1.807, 2.05) is 0 Å². The van der Waals surface area contributed by atoms with Gasteiger partial charge in [-0.3, -0.25) is 14.4 Å². The molecule has 3 saturated heterocycles. The minimum atomic E-state index is -3.11. The molecule has 0 radical (unpaired) electrons. The number of carboxylic acid groups (broad SMARTS) is 1. The molecule has 25 heteroatoms. The van der Waals surface area contributed by atoms with Gasteiger partial charge in [0.15, 0.2) is 18.6 Å². The highest BCUT2D eigenvalue weighted by atomic mass is 16.8. The number of methoxy groups -OCH3 is 1. The third kappa shape index (κ3) is 11.3. The summed E-state index contributed by atoms with van der Waals surface area (Å²) in [5.41, 5.74) is 0. The highest BCUT2D eigenvalue weighted by Crippen LogP contribution is 2.38. The Morgan fingerprint density at radius 2 is 1.35 bits per heavy atom. The van der Waals surface area contributed by atoms with Crippen LogP contribution in [-0.4, -0.2) is 217 Å². The van der Waals surface area contributed by atoms with Gasteiger partial charge in [-0.15, -0.1) is 0 Å². The third-order valence-corrected chi connectivity index (χ3v) is 9.48. The van der Waals surface area contributed by atoms with Crippen molar-refractivity contribution in [2.24, 2.45) is 0 Å². The summed E-state index contributed by atoms with van der Waals surface area (Å²) in [5, 5.41) is 113. The average Bonchev–Trinajstić information content (AvgIpc) is 3.14. The van der Waals surface area contributed by atoms with Crippen LogP contribution in [0.15, 0.2) is 0 Å². The van der Waals surface area contributed by atoms with Crippen molar-refractivity contribution in [1.82, 2.24) is 16.0 Å². The zero-order valence-corrected chi connectivity index (χ0v) is 31.5. The second-order valence-electron chi connectivity index (χ2n) is 13.8. The molecular weight excluding hydrogens is 778 g/mol. The first-order valence-corrected chi connectivity index (χ1v) is 17.7. The SMILES string of the molecule is COC(=O)[C@@H](NC(C)=O)[C@@H](C)O[C@H]1O[C@H](CO)[C@H](O)[C@H](O[C@@H]2O[C@H](CO)[C@H](O)[C@H](O[C@]3(C(=O)O)C[C@H](O)[C@@H](NC(C)=O)[C@H]([C@H](O)[C@H](O)CO)O3)[C@H]2O)[C@H]1NC(C)=O. The first kappa shape index (κ1) is 48.1. The Morgan fingerprint density at radius 1 is 0.807 bits per heavy atom. The Kier molecular flexibility index (Phi) is 17.4. The number of carbonyl (C=O) groups excluding carboxylic acids is 4. The molecule has 3 aliphatic rings. The van der Waals surface area contributed by atoms with E-state index < -0.39 is 166 Å². The molecule has 0 unspecified atom stereocenters. The van der Waals surface area contributed by atoms with Gasteiger partial charge in [0.25, 0.3) is 5.79 Å². The molecule has 0 aliphatic carbocycles. The van der Waals surface area contributed by atoms with Crippen molar-refractivity contribution in [1.29, 1.82) is 0 Å². The van der Waals surface area contributed by atoms with E-state index >= 15 is 0 Å². The Labute approximate surface area is 324 Å². The highest BCUT2D eigenvalue weighted by Gasteiger charge is 2.60. The maximum atomic E-state index is 12.9. The molecule has 0 bridgehead atoms. The molecule has 0 spiro atoms. The van der Waals surface area contributed by atoms with Crippen molar-refractivity contribution in [3.8, 4) is 0 Å². The smallest absolute Gasteiger partial charge is 0.364 e. The van der Waals surface area contributed by atoms with Crippen LogP contribution in [0.2, 0.25) is 0 Å². The minimum absolute atomic E-state index is 0.658. The Balaban J connectivity index is 2.03. The van der Waals surface area contributed by atoms with Gasteiger partial charge in [-0.1, -0.05) is 0 Å². The first-order valence-electron chi connectivity index (χ1n) is 17.7. The van der Waals surface area contributed by atoms with E-state index in [1.165, 1.54) is 6.92 Å². The van der Waals surface area contributed by atoms with E-state index in [0.29, 0.717) is 0 Å². The fourth-order valence-corrected chi connectivity index (χ4v) is 6.67. The van der Waals surface area contributed by atoms with Crippen molar-refractivity contribution in [2.45, 2.75) is 144 Å².